The smallest absolute Gasteiger partial charge is 0.265 e. The normalized spacial score (nSPS) is 11.6. The molecule has 7 nitrogen and oxygen atoms in total. The summed E-state index contributed by atoms with van der Waals surface area (Å²) < 4.78 is 29.1. The van der Waals surface area contributed by atoms with Crippen molar-refractivity contribution in [3.8, 4) is 0 Å². The minimum atomic E-state index is -3.88. The Kier molecular flexibility index (Phi) is 4.11. The number of aromatic nitrogens is 3. The van der Waals surface area contributed by atoms with Gasteiger partial charge in [-0.3, -0.25) is 9.40 Å². The van der Waals surface area contributed by atoms with Crippen molar-refractivity contribution in [3.05, 3.63) is 28.7 Å². The van der Waals surface area contributed by atoms with Crippen LogP contribution in [-0.4, -0.2) is 23.2 Å². The van der Waals surface area contributed by atoms with Crippen molar-refractivity contribution < 1.29 is 8.42 Å². The lowest BCUT2D eigenvalue weighted by molar-refractivity contribution is 0.601. The molecule has 0 bridgehead atoms. The number of nitrogens with zero attached hydrogens (tertiary/aromatic N) is 3. The van der Waals surface area contributed by atoms with Crippen molar-refractivity contribution in [1.82, 2.24) is 14.8 Å². The highest BCUT2D eigenvalue weighted by molar-refractivity contribution is 7.92. The number of sulfonamides is 1. The van der Waals surface area contributed by atoms with Crippen LogP contribution in [0.15, 0.2) is 17.2 Å². The van der Waals surface area contributed by atoms with Gasteiger partial charge in [0, 0.05) is 12.7 Å². The molecule has 2 aromatic rings. The fraction of sp³-hybridized carbons (Fsp3) is 0.333. The average Bonchev–Trinajstić information content (AvgIpc) is 2.68. The first-order chi connectivity index (χ1) is 9.76. The molecular formula is C12H16ClN5O2S. The quantitative estimate of drug-likeness (QED) is 0.892. The molecule has 21 heavy (non-hydrogen) atoms. The number of hydrogen-bond acceptors (Lipinski definition) is 5. The molecule has 0 aromatic carbocycles. The van der Waals surface area contributed by atoms with Gasteiger partial charge in [0.25, 0.3) is 10.0 Å². The van der Waals surface area contributed by atoms with E-state index in [1.54, 1.807) is 18.5 Å². The van der Waals surface area contributed by atoms with Gasteiger partial charge >= 0.3 is 0 Å². The van der Waals surface area contributed by atoms with E-state index in [4.69, 9.17) is 17.3 Å². The van der Waals surface area contributed by atoms with Crippen LogP contribution in [0.2, 0.25) is 5.02 Å². The molecular weight excluding hydrogens is 314 g/mol. The molecule has 114 valence electrons. The molecule has 0 saturated heterocycles. The van der Waals surface area contributed by atoms with Gasteiger partial charge < -0.3 is 5.73 Å². The maximum atomic E-state index is 12.4. The molecule has 0 aliphatic rings. The minimum Gasteiger partial charge on any atom is -0.383 e. The standard InChI is InChI=1S/C12H16ClN5O2S/c1-4-18-8(3)11(7(2)16-18)17-21(19,20)10-5-9(13)6-15-12(10)14/h5-6,17H,4H2,1-3H3,(H2,14,15). The summed E-state index contributed by atoms with van der Waals surface area (Å²) in [6, 6.07) is 1.27. The van der Waals surface area contributed by atoms with E-state index in [9.17, 15) is 8.42 Å². The van der Waals surface area contributed by atoms with Crippen LogP contribution in [0.1, 0.15) is 18.3 Å². The van der Waals surface area contributed by atoms with E-state index in [0.29, 0.717) is 17.9 Å². The Balaban J connectivity index is 2.47. The highest BCUT2D eigenvalue weighted by atomic mass is 35.5. The van der Waals surface area contributed by atoms with Gasteiger partial charge in [0.05, 0.1) is 22.1 Å². The van der Waals surface area contributed by atoms with Gasteiger partial charge in [-0.15, -0.1) is 0 Å². The second-order valence-electron chi connectivity index (χ2n) is 4.50. The lowest BCUT2D eigenvalue weighted by atomic mass is 10.3. The number of nitrogens with two attached hydrogens (primary N) is 1. The van der Waals surface area contributed by atoms with Gasteiger partial charge in [0.15, 0.2) is 0 Å². The fourth-order valence-electron chi connectivity index (χ4n) is 1.99. The molecule has 9 heteroatoms. The minimum absolute atomic E-state index is 0.106. The predicted molar refractivity (Wildman–Crippen MR) is 81.8 cm³/mol. The molecule has 0 fully saturated rings. The fourth-order valence-corrected chi connectivity index (χ4v) is 3.50. The summed E-state index contributed by atoms with van der Waals surface area (Å²) in [6.07, 6.45) is 1.29. The van der Waals surface area contributed by atoms with Crippen molar-refractivity contribution >= 4 is 33.1 Å². The van der Waals surface area contributed by atoms with E-state index in [-0.39, 0.29) is 15.7 Å². The van der Waals surface area contributed by atoms with E-state index >= 15 is 0 Å². The number of hydrogen-bond donors (Lipinski definition) is 2. The number of nitrogen functional groups attached to an aromatic ring is 1. The predicted octanol–water partition coefficient (Wildman–Crippen LogP) is 1.95. The Morgan fingerprint density at radius 2 is 2.10 bits per heavy atom. The number of aryl methyl sites for hydroxylation is 2. The van der Waals surface area contributed by atoms with Gasteiger partial charge in [0.2, 0.25) is 0 Å². The maximum Gasteiger partial charge on any atom is 0.265 e. The van der Waals surface area contributed by atoms with Gasteiger partial charge in [0.1, 0.15) is 10.7 Å². The summed E-state index contributed by atoms with van der Waals surface area (Å²) in [5, 5.41) is 4.46. The van der Waals surface area contributed by atoms with Gasteiger partial charge in [-0.2, -0.15) is 5.10 Å². The Labute approximate surface area is 128 Å². The second-order valence-corrected chi connectivity index (χ2v) is 6.59. The van der Waals surface area contributed by atoms with Gasteiger partial charge in [-0.05, 0) is 26.8 Å². The highest BCUT2D eigenvalue weighted by Gasteiger charge is 2.22. The molecule has 0 aliphatic carbocycles. The number of pyridine rings is 1. The first-order valence-electron chi connectivity index (χ1n) is 6.24. The molecule has 2 aromatic heterocycles. The first kappa shape index (κ1) is 15.6. The van der Waals surface area contributed by atoms with Crippen molar-refractivity contribution in [3.63, 3.8) is 0 Å². The second kappa shape index (κ2) is 5.53. The summed E-state index contributed by atoms with van der Waals surface area (Å²) in [7, 11) is -3.88. The van der Waals surface area contributed by atoms with Crippen LogP contribution < -0.4 is 10.5 Å². The van der Waals surface area contributed by atoms with Crippen LogP contribution in [0.3, 0.4) is 0 Å². The Morgan fingerprint density at radius 1 is 1.43 bits per heavy atom. The zero-order chi connectivity index (χ0) is 15.8. The molecule has 0 saturated carbocycles. The largest absolute Gasteiger partial charge is 0.383 e. The molecule has 2 rings (SSSR count). The summed E-state index contributed by atoms with van der Waals surface area (Å²) in [6.45, 7) is 6.10. The van der Waals surface area contributed by atoms with Crippen molar-refractivity contribution in [2.45, 2.75) is 32.2 Å². The number of rotatable bonds is 4. The summed E-state index contributed by atoms with van der Waals surface area (Å²) in [5.74, 6) is -0.106. The van der Waals surface area contributed by atoms with E-state index in [1.165, 1.54) is 12.3 Å². The Morgan fingerprint density at radius 3 is 2.67 bits per heavy atom. The lowest BCUT2D eigenvalue weighted by Crippen LogP contribution is -2.16. The van der Waals surface area contributed by atoms with Crippen LogP contribution in [0.4, 0.5) is 11.5 Å². The molecule has 0 unspecified atom stereocenters. The number of anilines is 2. The van der Waals surface area contributed by atoms with E-state index in [0.717, 1.165) is 5.69 Å². The lowest BCUT2D eigenvalue weighted by Gasteiger charge is -2.10. The topological polar surface area (TPSA) is 103 Å². The summed E-state index contributed by atoms with van der Waals surface area (Å²) in [4.78, 5) is 3.60. The molecule has 0 atom stereocenters. The van der Waals surface area contributed by atoms with Gasteiger partial charge in [-0.25, -0.2) is 13.4 Å². The highest BCUT2D eigenvalue weighted by Crippen LogP contribution is 2.26. The maximum absolute atomic E-state index is 12.4. The third-order valence-electron chi connectivity index (χ3n) is 3.06. The van der Waals surface area contributed by atoms with E-state index in [2.05, 4.69) is 14.8 Å². The van der Waals surface area contributed by atoms with Crippen LogP contribution in [-0.2, 0) is 16.6 Å². The zero-order valence-electron chi connectivity index (χ0n) is 11.9. The van der Waals surface area contributed by atoms with Crippen molar-refractivity contribution in [2.75, 3.05) is 10.5 Å². The average molecular weight is 330 g/mol. The molecule has 3 N–H and O–H groups in total. The molecule has 0 radical (unpaired) electrons. The van der Waals surface area contributed by atoms with Crippen LogP contribution in [0.25, 0.3) is 0 Å². The van der Waals surface area contributed by atoms with E-state index in [1.807, 2.05) is 6.92 Å². The monoisotopic (exact) mass is 329 g/mol. The number of nitrogens with one attached hydrogen (secondary N) is 1. The van der Waals surface area contributed by atoms with Crippen molar-refractivity contribution in [2.24, 2.45) is 0 Å². The Hall–Kier alpha value is -1.80. The SMILES string of the molecule is CCn1nc(C)c(NS(=O)(=O)c2cc(Cl)cnc2N)c1C. The summed E-state index contributed by atoms with van der Waals surface area (Å²) >= 11 is 5.79. The molecule has 2 heterocycles. The third kappa shape index (κ3) is 2.96. The van der Waals surface area contributed by atoms with Crippen LogP contribution in [0.5, 0.6) is 0 Å². The molecule has 0 spiro atoms. The first-order valence-corrected chi connectivity index (χ1v) is 8.10. The molecule has 0 amide bonds. The number of halogens is 1. The Bertz CT molecular complexity index is 785. The van der Waals surface area contributed by atoms with Gasteiger partial charge in [-0.1, -0.05) is 11.6 Å². The third-order valence-corrected chi connectivity index (χ3v) is 4.64. The van der Waals surface area contributed by atoms with E-state index < -0.39 is 10.0 Å². The van der Waals surface area contributed by atoms with Crippen molar-refractivity contribution in [1.29, 1.82) is 0 Å². The van der Waals surface area contributed by atoms with Crippen LogP contribution in [0, 0.1) is 13.8 Å². The molecule has 0 aliphatic heterocycles. The van der Waals surface area contributed by atoms with Crippen LogP contribution >= 0.6 is 11.6 Å². The summed E-state index contributed by atoms with van der Waals surface area (Å²) in [5.41, 5.74) is 7.39. The zero-order valence-corrected chi connectivity index (χ0v) is 13.5.